The van der Waals surface area contributed by atoms with E-state index in [0.717, 1.165) is 15.3 Å². The van der Waals surface area contributed by atoms with Crippen LogP contribution in [0.1, 0.15) is 0 Å². The number of anilines is 1. The van der Waals surface area contributed by atoms with Crippen LogP contribution in [0, 0.1) is 0 Å². The molecule has 0 atom stereocenters. The molecule has 0 fully saturated rings. The normalized spacial score (nSPS) is 10.9. The van der Waals surface area contributed by atoms with Crippen molar-refractivity contribution in [3.05, 3.63) is 77.3 Å². The fourth-order valence-electron chi connectivity index (χ4n) is 2.86. The lowest BCUT2D eigenvalue weighted by Crippen LogP contribution is -2.27. The lowest BCUT2D eigenvalue weighted by Gasteiger charge is -2.08. The highest BCUT2D eigenvalue weighted by atomic mass is 32.2. The molecule has 2 aromatic carbocycles. The van der Waals surface area contributed by atoms with Gasteiger partial charge < -0.3 is 5.32 Å². The zero-order valence-corrected chi connectivity index (χ0v) is 16.7. The minimum absolute atomic E-state index is 0.0795. The van der Waals surface area contributed by atoms with Crippen LogP contribution in [0.5, 0.6) is 0 Å². The molecule has 7 heteroatoms. The van der Waals surface area contributed by atoms with Gasteiger partial charge >= 0.3 is 0 Å². The Morgan fingerprint density at radius 2 is 1.96 bits per heavy atom. The summed E-state index contributed by atoms with van der Waals surface area (Å²) in [7, 11) is 0. The first-order valence-corrected chi connectivity index (χ1v) is 10.7. The molecule has 0 aliphatic carbocycles. The van der Waals surface area contributed by atoms with Crippen LogP contribution in [0.3, 0.4) is 0 Å². The maximum Gasteiger partial charge on any atom is 0.271 e. The van der Waals surface area contributed by atoms with Crippen LogP contribution < -0.4 is 10.9 Å². The first kappa shape index (κ1) is 18.5. The molecule has 1 N–H and O–H groups in total. The Balaban J connectivity index is 1.58. The van der Waals surface area contributed by atoms with E-state index in [9.17, 15) is 9.59 Å². The number of hydrogen-bond acceptors (Lipinski definition) is 5. The predicted octanol–water partition coefficient (Wildman–Crippen LogP) is 4.49. The van der Waals surface area contributed by atoms with E-state index in [2.05, 4.69) is 10.3 Å². The van der Waals surface area contributed by atoms with E-state index in [1.165, 1.54) is 22.2 Å². The Bertz CT molecular complexity index is 1200. The van der Waals surface area contributed by atoms with Crippen molar-refractivity contribution in [1.82, 2.24) is 9.55 Å². The Morgan fingerprint density at radius 1 is 1.14 bits per heavy atom. The summed E-state index contributed by atoms with van der Waals surface area (Å²) >= 11 is 3.00. The molecule has 2 aromatic heterocycles. The summed E-state index contributed by atoms with van der Waals surface area (Å²) in [6.45, 7) is -0.0795. The second-order valence-corrected chi connectivity index (χ2v) is 8.08. The van der Waals surface area contributed by atoms with Crippen molar-refractivity contribution in [2.45, 2.75) is 11.4 Å². The molecular weight excluding hydrogens is 390 g/mol. The molecule has 28 heavy (non-hydrogen) atoms. The summed E-state index contributed by atoms with van der Waals surface area (Å²) < 4.78 is 1.90. The second-order valence-electron chi connectivity index (χ2n) is 6.15. The number of carbonyl (C=O) groups excluding carboxylic acids is 1. The van der Waals surface area contributed by atoms with Crippen molar-refractivity contribution in [2.24, 2.45) is 0 Å². The van der Waals surface area contributed by atoms with E-state index in [0.29, 0.717) is 15.9 Å². The fourth-order valence-corrected chi connectivity index (χ4v) is 4.38. The van der Waals surface area contributed by atoms with Gasteiger partial charge in [-0.15, -0.1) is 23.1 Å². The van der Waals surface area contributed by atoms with Crippen molar-refractivity contribution in [3.63, 3.8) is 0 Å². The van der Waals surface area contributed by atoms with Crippen LogP contribution in [0.25, 0.3) is 20.7 Å². The Kier molecular flexibility index (Phi) is 5.27. The van der Waals surface area contributed by atoms with E-state index in [1.54, 1.807) is 11.8 Å². The Morgan fingerprint density at radius 3 is 2.75 bits per heavy atom. The molecule has 4 rings (SSSR count). The van der Waals surface area contributed by atoms with Crippen LogP contribution in [0.15, 0.2) is 76.7 Å². The monoisotopic (exact) mass is 407 g/mol. The molecule has 0 spiro atoms. The van der Waals surface area contributed by atoms with E-state index >= 15 is 0 Å². The third-order valence-corrected chi connectivity index (χ3v) is 6.12. The van der Waals surface area contributed by atoms with Crippen molar-refractivity contribution >= 4 is 44.9 Å². The van der Waals surface area contributed by atoms with Gasteiger partial charge in [-0.1, -0.05) is 36.4 Å². The lowest BCUT2D eigenvalue weighted by atomic mass is 10.2. The van der Waals surface area contributed by atoms with Gasteiger partial charge in [0.15, 0.2) is 0 Å². The smallest absolute Gasteiger partial charge is 0.271 e. The van der Waals surface area contributed by atoms with E-state index < -0.39 is 0 Å². The minimum Gasteiger partial charge on any atom is -0.324 e. The highest BCUT2D eigenvalue weighted by Crippen LogP contribution is 2.30. The molecule has 0 unspecified atom stereocenters. The van der Waals surface area contributed by atoms with Crippen LogP contribution in [-0.4, -0.2) is 21.7 Å². The van der Waals surface area contributed by atoms with Crippen LogP contribution in [0.4, 0.5) is 5.69 Å². The van der Waals surface area contributed by atoms with Gasteiger partial charge in [0.2, 0.25) is 5.91 Å². The van der Waals surface area contributed by atoms with Crippen LogP contribution in [0.2, 0.25) is 0 Å². The number of benzene rings is 2. The number of amides is 1. The molecule has 140 valence electrons. The molecule has 0 aliphatic rings. The predicted molar refractivity (Wildman–Crippen MR) is 116 cm³/mol. The Labute approximate surface area is 170 Å². The van der Waals surface area contributed by atoms with Gasteiger partial charge in [-0.05, 0) is 36.1 Å². The molecule has 0 saturated carbocycles. The van der Waals surface area contributed by atoms with E-state index in [-0.39, 0.29) is 18.0 Å². The summed E-state index contributed by atoms with van der Waals surface area (Å²) in [4.78, 5) is 31.6. The van der Waals surface area contributed by atoms with Crippen molar-refractivity contribution in [1.29, 1.82) is 0 Å². The molecule has 5 nitrogen and oxygen atoms in total. The quantitative estimate of drug-likeness (QED) is 0.495. The topological polar surface area (TPSA) is 64.0 Å². The molecule has 0 saturated heterocycles. The van der Waals surface area contributed by atoms with Crippen molar-refractivity contribution in [3.8, 4) is 10.4 Å². The number of thiophene rings is 1. The second kappa shape index (κ2) is 8.00. The third kappa shape index (κ3) is 3.85. The largest absolute Gasteiger partial charge is 0.324 e. The zero-order valence-electron chi connectivity index (χ0n) is 15.1. The number of aromatic nitrogens is 2. The van der Waals surface area contributed by atoms with Gasteiger partial charge in [-0.3, -0.25) is 14.2 Å². The molecule has 0 bridgehead atoms. The molecule has 1 amide bonds. The Hall–Kier alpha value is -2.90. The van der Waals surface area contributed by atoms with Gasteiger partial charge in [-0.2, -0.15) is 0 Å². The van der Waals surface area contributed by atoms with Crippen LogP contribution in [-0.2, 0) is 11.3 Å². The van der Waals surface area contributed by atoms with Gasteiger partial charge in [0, 0.05) is 15.5 Å². The van der Waals surface area contributed by atoms with Gasteiger partial charge in [-0.25, -0.2) is 4.98 Å². The van der Waals surface area contributed by atoms with Crippen molar-refractivity contribution in [2.75, 3.05) is 11.6 Å². The minimum atomic E-state index is -0.263. The highest BCUT2D eigenvalue weighted by molar-refractivity contribution is 7.98. The average Bonchev–Trinajstić information content (AvgIpc) is 3.16. The summed E-state index contributed by atoms with van der Waals surface area (Å²) in [5, 5.41) is 2.84. The van der Waals surface area contributed by atoms with E-state index in [1.807, 2.05) is 66.9 Å². The van der Waals surface area contributed by atoms with Gasteiger partial charge in [0.05, 0.1) is 11.8 Å². The maximum absolute atomic E-state index is 12.8. The standard InChI is InChI=1S/C21H17N3O2S2/c1-27-16-9-5-8-15(10-16)23-19(25)12-24-13-22-17-11-18(28-20(17)21(24)26)14-6-3-2-4-7-14/h2-11,13H,12H2,1H3,(H,23,25). The van der Waals surface area contributed by atoms with Gasteiger partial charge in [0.25, 0.3) is 5.56 Å². The van der Waals surface area contributed by atoms with Gasteiger partial charge in [0.1, 0.15) is 11.2 Å². The summed E-state index contributed by atoms with van der Waals surface area (Å²) in [6.07, 6.45) is 3.41. The lowest BCUT2D eigenvalue weighted by molar-refractivity contribution is -0.116. The molecule has 4 aromatic rings. The summed E-state index contributed by atoms with van der Waals surface area (Å²) in [6, 6.07) is 19.4. The van der Waals surface area contributed by atoms with Crippen LogP contribution >= 0.6 is 23.1 Å². The highest BCUT2D eigenvalue weighted by Gasteiger charge is 2.12. The molecule has 2 heterocycles. The number of nitrogens with zero attached hydrogens (tertiary/aromatic N) is 2. The zero-order chi connectivity index (χ0) is 19.5. The number of fused-ring (bicyclic) bond motifs is 1. The average molecular weight is 408 g/mol. The molecule has 0 aliphatic heterocycles. The molecule has 0 radical (unpaired) electrons. The first-order valence-electron chi connectivity index (χ1n) is 8.62. The number of carbonyl (C=O) groups is 1. The number of rotatable bonds is 5. The number of hydrogen-bond donors (Lipinski definition) is 1. The fraction of sp³-hybridized carbons (Fsp3) is 0.0952. The number of thioether (sulfide) groups is 1. The summed E-state index contributed by atoms with van der Waals surface area (Å²) in [5.41, 5.74) is 2.20. The van der Waals surface area contributed by atoms with Crippen molar-refractivity contribution < 1.29 is 4.79 Å². The number of nitrogens with one attached hydrogen (secondary N) is 1. The molecular formula is C21H17N3O2S2. The maximum atomic E-state index is 12.8. The van der Waals surface area contributed by atoms with E-state index in [4.69, 9.17) is 0 Å². The third-order valence-electron chi connectivity index (χ3n) is 4.23. The SMILES string of the molecule is CSc1cccc(NC(=O)Cn2cnc3cc(-c4ccccc4)sc3c2=O)c1. The first-order chi connectivity index (χ1) is 13.6. The summed E-state index contributed by atoms with van der Waals surface area (Å²) in [5.74, 6) is -0.263.